The van der Waals surface area contributed by atoms with Crippen molar-refractivity contribution in [3.63, 3.8) is 0 Å². The zero-order chi connectivity index (χ0) is 14.7. The van der Waals surface area contributed by atoms with Gasteiger partial charge in [-0.1, -0.05) is 25.5 Å². The number of fused-ring (bicyclic) bond motifs is 5. The van der Waals surface area contributed by atoms with Gasteiger partial charge < -0.3 is 5.11 Å². The van der Waals surface area contributed by atoms with Gasteiger partial charge in [-0.2, -0.15) is 0 Å². The van der Waals surface area contributed by atoms with Gasteiger partial charge in [0.05, 0.1) is 5.60 Å². The van der Waals surface area contributed by atoms with Gasteiger partial charge in [0.15, 0.2) is 0 Å². The Balaban J connectivity index is 1.64. The summed E-state index contributed by atoms with van der Waals surface area (Å²) in [5, 5.41) is 11.2. The van der Waals surface area contributed by atoms with Crippen molar-refractivity contribution in [3.05, 3.63) is 11.6 Å². The van der Waals surface area contributed by atoms with Crippen molar-refractivity contribution in [2.45, 2.75) is 83.7 Å². The van der Waals surface area contributed by atoms with Gasteiger partial charge in [0, 0.05) is 0 Å². The number of hydrogen-bond acceptors (Lipinski definition) is 1. The van der Waals surface area contributed by atoms with Crippen LogP contribution in [0.1, 0.15) is 78.1 Å². The summed E-state index contributed by atoms with van der Waals surface area (Å²) in [6.07, 6.45) is 15.5. The first-order valence-electron chi connectivity index (χ1n) is 9.50. The average molecular weight is 288 g/mol. The molecule has 21 heavy (non-hydrogen) atoms. The zero-order valence-electron chi connectivity index (χ0n) is 13.9. The van der Waals surface area contributed by atoms with Gasteiger partial charge in [-0.3, -0.25) is 0 Å². The molecule has 0 aliphatic heterocycles. The Morgan fingerprint density at radius 2 is 2.00 bits per heavy atom. The molecule has 4 aliphatic rings. The molecule has 0 unspecified atom stereocenters. The smallest absolute Gasteiger partial charge is 0.0701 e. The largest absolute Gasteiger partial charge is 0.389 e. The Hall–Kier alpha value is -0.300. The van der Waals surface area contributed by atoms with E-state index in [0.717, 1.165) is 36.5 Å². The SMILES string of the molecule is CC[C@@]1(O)CC[C@H]2[C@@H]3CCC4=CCCC[C@@H]4[C@H]3CC[C@@]21C. The fourth-order valence-electron chi connectivity index (χ4n) is 6.99. The van der Waals surface area contributed by atoms with E-state index >= 15 is 0 Å². The maximum Gasteiger partial charge on any atom is 0.0701 e. The van der Waals surface area contributed by atoms with Crippen LogP contribution in [0.3, 0.4) is 0 Å². The third-order valence-electron chi connectivity index (χ3n) is 8.28. The van der Waals surface area contributed by atoms with E-state index in [1.807, 2.05) is 5.57 Å². The van der Waals surface area contributed by atoms with Crippen LogP contribution in [0.5, 0.6) is 0 Å². The fraction of sp³-hybridized carbons (Fsp3) is 0.900. The predicted octanol–water partition coefficient (Wildman–Crippen LogP) is 5.09. The van der Waals surface area contributed by atoms with Gasteiger partial charge in [0.1, 0.15) is 0 Å². The van der Waals surface area contributed by atoms with Gasteiger partial charge >= 0.3 is 0 Å². The highest BCUT2D eigenvalue weighted by Gasteiger charge is 2.61. The molecule has 0 saturated heterocycles. The van der Waals surface area contributed by atoms with Crippen LogP contribution in [0.2, 0.25) is 0 Å². The molecule has 0 heterocycles. The van der Waals surface area contributed by atoms with Crippen LogP contribution in [-0.4, -0.2) is 10.7 Å². The second-order valence-electron chi connectivity index (χ2n) is 8.67. The molecule has 0 aromatic heterocycles. The summed E-state index contributed by atoms with van der Waals surface area (Å²) in [6, 6.07) is 0. The van der Waals surface area contributed by atoms with Crippen molar-refractivity contribution < 1.29 is 5.11 Å². The minimum Gasteiger partial charge on any atom is -0.389 e. The van der Waals surface area contributed by atoms with E-state index in [-0.39, 0.29) is 11.0 Å². The molecule has 0 radical (unpaired) electrons. The van der Waals surface area contributed by atoms with Gasteiger partial charge in [-0.05, 0) is 93.3 Å². The van der Waals surface area contributed by atoms with Crippen LogP contribution in [0.25, 0.3) is 0 Å². The fourth-order valence-corrected chi connectivity index (χ4v) is 6.99. The van der Waals surface area contributed by atoms with Crippen molar-refractivity contribution >= 4 is 0 Å². The first kappa shape index (κ1) is 14.3. The second-order valence-corrected chi connectivity index (χ2v) is 8.67. The lowest BCUT2D eigenvalue weighted by Crippen LogP contribution is -2.52. The van der Waals surface area contributed by atoms with Crippen LogP contribution >= 0.6 is 0 Å². The molecule has 0 spiro atoms. The molecule has 118 valence electrons. The summed E-state index contributed by atoms with van der Waals surface area (Å²) in [5.74, 6) is 3.56. The molecule has 3 fully saturated rings. The van der Waals surface area contributed by atoms with Crippen LogP contribution in [0.15, 0.2) is 11.6 Å². The summed E-state index contributed by atoms with van der Waals surface area (Å²) >= 11 is 0. The quantitative estimate of drug-likeness (QED) is 0.666. The molecule has 3 saturated carbocycles. The van der Waals surface area contributed by atoms with E-state index in [1.54, 1.807) is 0 Å². The molecule has 0 aromatic rings. The highest BCUT2D eigenvalue weighted by Crippen LogP contribution is 2.65. The van der Waals surface area contributed by atoms with E-state index in [9.17, 15) is 5.11 Å². The van der Waals surface area contributed by atoms with Crippen LogP contribution < -0.4 is 0 Å². The van der Waals surface area contributed by atoms with E-state index in [1.165, 1.54) is 51.4 Å². The Labute approximate surface area is 130 Å². The monoisotopic (exact) mass is 288 g/mol. The highest BCUT2D eigenvalue weighted by atomic mass is 16.3. The molecule has 1 nitrogen and oxygen atoms in total. The minimum absolute atomic E-state index is 0.207. The van der Waals surface area contributed by atoms with E-state index in [2.05, 4.69) is 19.9 Å². The standard InChI is InChI=1S/C20H32O/c1-3-20(21)13-11-18-17-9-8-14-6-4-5-7-15(14)16(17)10-12-19(18,20)2/h6,15-18,21H,3-5,7-13H2,1-2H3/t15-,16+,17+,18-,19-,20+/m0/s1. The lowest BCUT2D eigenvalue weighted by atomic mass is 9.50. The molecule has 1 heteroatoms. The topological polar surface area (TPSA) is 20.2 Å². The minimum atomic E-state index is -0.370. The van der Waals surface area contributed by atoms with Gasteiger partial charge in [0.25, 0.3) is 0 Å². The van der Waals surface area contributed by atoms with E-state index in [0.29, 0.717) is 0 Å². The molecule has 4 rings (SSSR count). The van der Waals surface area contributed by atoms with Crippen molar-refractivity contribution in [2.24, 2.45) is 29.1 Å². The summed E-state index contributed by atoms with van der Waals surface area (Å²) in [7, 11) is 0. The molecule has 0 aromatic carbocycles. The second kappa shape index (κ2) is 4.85. The number of aliphatic hydroxyl groups is 1. The number of rotatable bonds is 1. The Kier molecular flexibility index (Phi) is 3.30. The summed E-state index contributed by atoms with van der Waals surface area (Å²) in [6.45, 7) is 4.62. The first-order valence-corrected chi connectivity index (χ1v) is 9.50. The lowest BCUT2D eigenvalue weighted by Gasteiger charge is -2.55. The Morgan fingerprint density at radius 3 is 2.81 bits per heavy atom. The van der Waals surface area contributed by atoms with Crippen molar-refractivity contribution in [1.82, 2.24) is 0 Å². The van der Waals surface area contributed by atoms with Gasteiger partial charge in [0.2, 0.25) is 0 Å². The predicted molar refractivity (Wildman–Crippen MR) is 86.9 cm³/mol. The number of hydrogen-bond donors (Lipinski definition) is 1. The van der Waals surface area contributed by atoms with Gasteiger partial charge in [-0.25, -0.2) is 0 Å². The maximum atomic E-state index is 11.2. The molecule has 4 aliphatic carbocycles. The molecular formula is C20H32O. The van der Waals surface area contributed by atoms with E-state index in [4.69, 9.17) is 0 Å². The van der Waals surface area contributed by atoms with Crippen molar-refractivity contribution in [1.29, 1.82) is 0 Å². The highest BCUT2D eigenvalue weighted by molar-refractivity contribution is 5.19. The van der Waals surface area contributed by atoms with Crippen LogP contribution in [-0.2, 0) is 0 Å². The Morgan fingerprint density at radius 1 is 1.14 bits per heavy atom. The molecule has 0 amide bonds. The number of allylic oxidation sites excluding steroid dienone is 2. The summed E-state index contributed by atoms with van der Waals surface area (Å²) in [4.78, 5) is 0. The van der Waals surface area contributed by atoms with Gasteiger partial charge in [-0.15, -0.1) is 0 Å². The third-order valence-corrected chi connectivity index (χ3v) is 8.28. The van der Waals surface area contributed by atoms with Crippen LogP contribution in [0.4, 0.5) is 0 Å². The zero-order valence-corrected chi connectivity index (χ0v) is 13.9. The molecule has 1 N–H and O–H groups in total. The summed E-state index contributed by atoms with van der Waals surface area (Å²) in [5.41, 5.74) is 1.65. The van der Waals surface area contributed by atoms with Crippen molar-refractivity contribution in [2.75, 3.05) is 0 Å². The molecular weight excluding hydrogens is 256 g/mol. The average Bonchev–Trinajstić information content (AvgIpc) is 2.79. The molecule has 6 atom stereocenters. The third kappa shape index (κ3) is 1.85. The lowest BCUT2D eigenvalue weighted by molar-refractivity contribution is -0.119. The van der Waals surface area contributed by atoms with E-state index < -0.39 is 0 Å². The summed E-state index contributed by atoms with van der Waals surface area (Å²) < 4.78 is 0. The maximum absolute atomic E-state index is 11.2. The molecule has 0 bridgehead atoms. The first-order chi connectivity index (χ1) is 10.1. The normalized spacial score (nSPS) is 52.6. The van der Waals surface area contributed by atoms with Crippen LogP contribution in [0, 0.1) is 29.1 Å². The van der Waals surface area contributed by atoms with Crippen molar-refractivity contribution in [3.8, 4) is 0 Å². The Bertz CT molecular complexity index is 453.